The van der Waals surface area contributed by atoms with Gasteiger partial charge in [-0.3, -0.25) is 4.79 Å². The molecule has 0 fully saturated rings. The van der Waals surface area contributed by atoms with E-state index in [0.29, 0.717) is 15.7 Å². The van der Waals surface area contributed by atoms with E-state index in [4.69, 9.17) is 0 Å². The lowest BCUT2D eigenvalue weighted by atomic mass is 9.95. The van der Waals surface area contributed by atoms with Gasteiger partial charge >= 0.3 is 6.18 Å². The Balaban J connectivity index is 2.30. The summed E-state index contributed by atoms with van der Waals surface area (Å²) < 4.78 is 51.0. The molecule has 0 aromatic heterocycles. The van der Waals surface area contributed by atoms with E-state index in [1.807, 2.05) is 0 Å². The lowest BCUT2D eigenvalue weighted by Gasteiger charge is -2.18. The largest absolute Gasteiger partial charge is 0.419 e. The molecule has 1 heterocycles. The van der Waals surface area contributed by atoms with E-state index in [-0.39, 0.29) is 12.5 Å². The van der Waals surface area contributed by atoms with Gasteiger partial charge in [-0.1, -0.05) is 15.9 Å². The number of nitrogens with zero attached hydrogens (tertiary/aromatic N) is 1. The highest BCUT2D eigenvalue weighted by atomic mass is 79.9. The van der Waals surface area contributed by atoms with Crippen LogP contribution in [-0.2, 0) is 4.79 Å². The number of halogens is 5. The van der Waals surface area contributed by atoms with Crippen LogP contribution < -0.4 is 4.90 Å². The molecule has 0 radical (unpaired) electrons. The van der Waals surface area contributed by atoms with E-state index >= 15 is 0 Å². The van der Waals surface area contributed by atoms with Gasteiger partial charge in [-0.05, 0) is 30.2 Å². The first-order valence-electron chi connectivity index (χ1n) is 5.98. The summed E-state index contributed by atoms with van der Waals surface area (Å²) in [5.41, 5.74) is 1.13. The number of alkyl halides is 4. The Morgan fingerprint density at radius 1 is 1.50 bits per heavy atom. The van der Waals surface area contributed by atoms with E-state index in [0.717, 1.165) is 0 Å². The molecule has 0 bridgehead atoms. The van der Waals surface area contributed by atoms with Gasteiger partial charge in [0.05, 0.1) is 0 Å². The lowest BCUT2D eigenvalue weighted by molar-refractivity contribution is -0.182. The van der Waals surface area contributed by atoms with Crippen LogP contribution in [0.4, 0.5) is 23.2 Å². The van der Waals surface area contributed by atoms with Gasteiger partial charge < -0.3 is 4.90 Å². The third-order valence-electron chi connectivity index (χ3n) is 3.35. The van der Waals surface area contributed by atoms with E-state index in [2.05, 4.69) is 15.9 Å². The highest BCUT2D eigenvalue weighted by Crippen LogP contribution is 2.42. The quantitative estimate of drug-likeness (QED) is 0.730. The lowest BCUT2D eigenvalue weighted by Crippen LogP contribution is -2.30. The van der Waals surface area contributed by atoms with Crippen LogP contribution in [-0.4, -0.2) is 24.8 Å². The fraction of sp³-hybridized carbons (Fsp3) is 0.462. The molecule has 0 spiro atoms. The van der Waals surface area contributed by atoms with Crippen molar-refractivity contribution in [3.05, 3.63) is 28.2 Å². The van der Waals surface area contributed by atoms with Crippen LogP contribution in [0.3, 0.4) is 0 Å². The standard InChI is InChI=1S/C13H12BrF4NO/c1-7(20)19-6-8(4-12(15)13(16,17)18)10-5-9(14)2-3-11(10)19/h2-3,5,8,12H,4,6H2,1H3. The first kappa shape index (κ1) is 15.3. The molecule has 0 aliphatic carbocycles. The minimum absolute atomic E-state index is 0.0810. The van der Waals surface area contributed by atoms with Crippen molar-refractivity contribution in [2.45, 2.75) is 31.6 Å². The smallest absolute Gasteiger partial charge is 0.312 e. The first-order valence-corrected chi connectivity index (χ1v) is 6.77. The molecular weight excluding hydrogens is 342 g/mol. The van der Waals surface area contributed by atoms with Crippen molar-refractivity contribution in [3.63, 3.8) is 0 Å². The maximum atomic E-state index is 13.2. The number of anilines is 1. The van der Waals surface area contributed by atoms with Crippen LogP contribution >= 0.6 is 15.9 Å². The van der Waals surface area contributed by atoms with E-state index in [1.54, 1.807) is 18.2 Å². The zero-order valence-corrected chi connectivity index (χ0v) is 12.1. The van der Waals surface area contributed by atoms with Crippen LogP contribution in [0.15, 0.2) is 22.7 Å². The Morgan fingerprint density at radius 3 is 2.70 bits per heavy atom. The van der Waals surface area contributed by atoms with Crippen molar-refractivity contribution < 1.29 is 22.4 Å². The second kappa shape index (κ2) is 5.35. The van der Waals surface area contributed by atoms with Gasteiger partial charge in [-0.2, -0.15) is 13.2 Å². The van der Waals surface area contributed by atoms with Gasteiger partial charge in [-0.15, -0.1) is 0 Å². The normalized spacial score (nSPS) is 19.9. The van der Waals surface area contributed by atoms with Gasteiger partial charge in [-0.25, -0.2) is 4.39 Å². The van der Waals surface area contributed by atoms with Crippen LogP contribution in [0, 0.1) is 0 Å². The molecule has 20 heavy (non-hydrogen) atoms. The van der Waals surface area contributed by atoms with Gasteiger partial charge in [0.2, 0.25) is 5.91 Å². The third kappa shape index (κ3) is 2.97. The third-order valence-corrected chi connectivity index (χ3v) is 3.84. The maximum absolute atomic E-state index is 13.2. The zero-order chi connectivity index (χ0) is 15.1. The van der Waals surface area contributed by atoms with E-state index < -0.39 is 24.7 Å². The van der Waals surface area contributed by atoms with E-state index in [9.17, 15) is 22.4 Å². The predicted molar refractivity (Wildman–Crippen MR) is 70.5 cm³/mol. The Bertz CT molecular complexity index is 532. The Morgan fingerprint density at radius 2 is 2.15 bits per heavy atom. The molecule has 2 atom stereocenters. The van der Waals surface area contributed by atoms with E-state index in [1.165, 1.54) is 11.8 Å². The van der Waals surface area contributed by atoms with Crippen LogP contribution in [0.2, 0.25) is 0 Å². The number of carbonyl (C=O) groups is 1. The minimum Gasteiger partial charge on any atom is -0.312 e. The minimum atomic E-state index is -4.87. The Labute approximate surface area is 121 Å². The summed E-state index contributed by atoms with van der Waals surface area (Å²) in [6.07, 6.45) is -8.42. The van der Waals surface area contributed by atoms with Crippen molar-refractivity contribution >= 4 is 27.5 Å². The molecule has 0 saturated carbocycles. The molecule has 1 amide bonds. The second-order valence-electron chi connectivity index (χ2n) is 4.77. The molecule has 2 nitrogen and oxygen atoms in total. The molecule has 2 unspecified atom stereocenters. The number of rotatable bonds is 2. The fourth-order valence-electron chi connectivity index (χ4n) is 2.40. The van der Waals surface area contributed by atoms with Crippen LogP contribution in [0.5, 0.6) is 0 Å². The highest BCUT2D eigenvalue weighted by Gasteiger charge is 2.43. The summed E-state index contributed by atoms with van der Waals surface area (Å²) in [7, 11) is 0. The summed E-state index contributed by atoms with van der Waals surface area (Å²) in [5.74, 6) is -0.915. The first-order chi connectivity index (χ1) is 9.20. The number of hydrogen-bond acceptors (Lipinski definition) is 1. The van der Waals surface area contributed by atoms with Crippen molar-refractivity contribution in [2.24, 2.45) is 0 Å². The molecule has 2 rings (SSSR count). The summed E-state index contributed by atoms with van der Waals surface area (Å²) >= 11 is 3.24. The number of hydrogen-bond donors (Lipinski definition) is 0. The van der Waals surface area contributed by atoms with Crippen molar-refractivity contribution in [2.75, 3.05) is 11.4 Å². The summed E-state index contributed by atoms with van der Waals surface area (Å²) in [6.45, 7) is 1.42. The van der Waals surface area contributed by atoms with Gasteiger partial charge in [0.25, 0.3) is 0 Å². The average molecular weight is 354 g/mol. The SMILES string of the molecule is CC(=O)N1CC(CC(F)C(F)(F)F)c2cc(Br)ccc21. The summed E-state index contributed by atoms with van der Waals surface area (Å²) in [6, 6.07) is 5.00. The van der Waals surface area contributed by atoms with Crippen molar-refractivity contribution in [3.8, 4) is 0 Å². The molecule has 1 aliphatic rings. The molecular formula is C13H12BrF4NO. The van der Waals surface area contributed by atoms with Crippen molar-refractivity contribution in [1.29, 1.82) is 0 Å². The number of benzene rings is 1. The summed E-state index contributed by atoms with van der Waals surface area (Å²) in [5, 5.41) is 0. The van der Waals surface area contributed by atoms with Crippen LogP contribution in [0.1, 0.15) is 24.8 Å². The molecule has 1 aliphatic heterocycles. The molecule has 0 saturated heterocycles. The Hall–Kier alpha value is -1.11. The number of amides is 1. The molecule has 110 valence electrons. The monoisotopic (exact) mass is 353 g/mol. The summed E-state index contributed by atoms with van der Waals surface area (Å²) in [4.78, 5) is 12.9. The average Bonchev–Trinajstić information content (AvgIpc) is 2.66. The van der Waals surface area contributed by atoms with Gasteiger partial charge in [0.15, 0.2) is 6.17 Å². The Kier molecular flexibility index (Phi) is 4.09. The zero-order valence-electron chi connectivity index (χ0n) is 10.5. The molecule has 7 heteroatoms. The maximum Gasteiger partial charge on any atom is 0.419 e. The molecule has 0 N–H and O–H groups in total. The topological polar surface area (TPSA) is 20.3 Å². The van der Waals surface area contributed by atoms with Crippen LogP contribution in [0.25, 0.3) is 0 Å². The predicted octanol–water partition coefficient (Wildman–Crippen LogP) is 4.19. The molecule has 1 aromatic carbocycles. The number of carbonyl (C=O) groups excluding carboxylic acids is 1. The van der Waals surface area contributed by atoms with Crippen molar-refractivity contribution in [1.82, 2.24) is 0 Å². The van der Waals surface area contributed by atoms with Gasteiger partial charge in [0.1, 0.15) is 0 Å². The fourth-order valence-corrected chi connectivity index (χ4v) is 2.78. The number of fused-ring (bicyclic) bond motifs is 1. The second-order valence-corrected chi connectivity index (χ2v) is 5.69. The highest BCUT2D eigenvalue weighted by molar-refractivity contribution is 9.10. The van der Waals surface area contributed by atoms with Gasteiger partial charge in [0, 0.05) is 29.5 Å². The molecule has 1 aromatic rings.